The average molecular weight is 322 g/mol. The molecule has 0 spiro atoms. The van der Waals surface area contributed by atoms with Gasteiger partial charge in [0, 0.05) is 18.9 Å². The van der Waals surface area contributed by atoms with Gasteiger partial charge >= 0.3 is 0 Å². The minimum atomic E-state index is 0.367. The summed E-state index contributed by atoms with van der Waals surface area (Å²) >= 11 is 3.52. The lowest BCUT2D eigenvalue weighted by Gasteiger charge is -2.09. The molecule has 0 saturated carbocycles. The Hall–Kier alpha value is -1.46. The number of halogens is 1. The summed E-state index contributed by atoms with van der Waals surface area (Å²) in [5.74, 6) is 1.47. The Kier molecular flexibility index (Phi) is 5.30. The molecule has 1 N–H and O–H groups in total. The number of benzene rings is 1. The maximum atomic E-state index is 5.69. The molecule has 0 fully saturated rings. The molecule has 0 aliphatic carbocycles. The molecular weight excluding hydrogens is 306 g/mol. The van der Waals surface area contributed by atoms with E-state index in [1.807, 2.05) is 6.07 Å². The van der Waals surface area contributed by atoms with Crippen LogP contribution in [0.3, 0.4) is 0 Å². The molecule has 100 valence electrons. The first-order valence-corrected chi connectivity index (χ1v) is 6.96. The van der Waals surface area contributed by atoms with E-state index in [1.165, 1.54) is 5.56 Å². The predicted molar refractivity (Wildman–Crippen MR) is 77.9 cm³/mol. The van der Waals surface area contributed by atoms with Gasteiger partial charge in [-0.05, 0) is 46.2 Å². The van der Waals surface area contributed by atoms with Crippen molar-refractivity contribution in [2.24, 2.45) is 0 Å². The third kappa shape index (κ3) is 4.29. The second-order valence-corrected chi connectivity index (χ2v) is 4.85. The maximum absolute atomic E-state index is 5.69. The van der Waals surface area contributed by atoms with Crippen LogP contribution in [-0.2, 0) is 13.2 Å². The average Bonchev–Trinajstić information content (AvgIpc) is 2.45. The number of ether oxygens (including phenoxy) is 1. The van der Waals surface area contributed by atoms with Crippen molar-refractivity contribution < 1.29 is 4.74 Å². The molecule has 0 radical (unpaired) electrons. The zero-order valence-electron chi connectivity index (χ0n) is 10.8. The quantitative estimate of drug-likeness (QED) is 0.888. The number of hydrogen-bond acceptors (Lipinski definition) is 4. The molecule has 2 aromatic rings. The van der Waals surface area contributed by atoms with Gasteiger partial charge in [-0.25, -0.2) is 9.97 Å². The fourth-order valence-electron chi connectivity index (χ4n) is 1.59. The van der Waals surface area contributed by atoms with Crippen LogP contribution in [0.4, 0.5) is 0 Å². The van der Waals surface area contributed by atoms with Gasteiger partial charge < -0.3 is 10.1 Å². The van der Waals surface area contributed by atoms with Gasteiger partial charge in [0.05, 0.1) is 4.47 Å². The van der Waals surface area contributed by atoms with Crippen molar-refractivity contribution in [3.05, 3.63) is 52.5 Å². The summed E-state index contributed by atoms with van der Waals surface area (Å²) in [4.78, 5) is 8.24. The van der Waals surface area contributed by atoms with Crippen molar-refractivity contribution in [3.8, 4) is 5.75 Å². The molecule has 1 aromatic heterocycles. The van der Waals surface area contributed by atoms with Gasteiger partial charge in [0.15, 0.2) is 5.82 Å². The van der Waals surface area contributed by atoms with E-state index in [0.717, 1.165) is 23.3 Å². The summed E-state index contributed by atoms with van der Waals surface area (Å²) < 4.78 is 6.63. The number of nitrogens with one attached hydrogen (secondary N) is 1. The molecule has 1 heterocycles. The number of nitrogens with zero attached hydrogens (tertiary/aromatic N) is 2. The van der Waals surface area contributed by atoms with E-state index in [0.29, 0.717) is 12.4 Å². The first-order valence-electron chi connectivity index (χ1n) is 6.17. The zero-order valence-corrected chi connectivity index (χ0v) is 12.4. The lowest BCUT2D eigenvalue weighted by Crippen LogP contribution is -2.11. The highest BCUT2D eigenvalue weighted by Crippen LogP contribution is 2.26. The topological polar surface area (TPSA) is 47.0 Å². The molecule has 0 aliphatic heterocycles. The van der Waals surface area contributed by atoms with Gasteiger partial charge in [0.25, 0.3) is 0 Å². The normalized spacial score (nSPS) is 10.4. The Morgan fingerprint density at radius 3 is 2.74 bits per heavy atom. The number of rotatable bonds is 6. The van der Waals surface area contributed by atoms with Crippen LogP contribution in [0.1, 0.15) is 18.3 Å². The van der Waals surface area contributed by atoms with Crippen molar-refractivity contribution >= 4 is 15.9 Å². The molecule has 0 saturated heterocycles. The van der Waals surface area contributed by atoms with Gasteiger partial charge in [0.1, 0.15) is 12.4 Å². The van der Waals surface area contributed by atoms with Crippen LogP contribution >= 0.6 is 15.9 Å². The lowest BCUT2D eigenvalue weighted by molar-refractivity contribution is 0.294. The molecule has 1 aromatic carbocycles. The minimum Gasteiger partial charge on any atom is -0.484 e. The van der Waals surface area contributed by atoms with Gasteiger partial charge in [-0.1, -0.05) is 13.0 Å². The van der Waals surface area contributed by atoms with Crippen molar-refractivity contribution in [1.29, 1.82) is 0 Å². The summed E-state index contributed by atoms with van der Waals surface area (Å²) in [6.07, 6.45) is 3.42. The molecule has 4 nitrogen and oxygen atoms in total. The Morgan fingerprint density at radius 1 is 1.26 bits per heavy atom. The van der Waals surface area contributed by atoms with E-state index in [4.69, 9.17) is 4.74 Å². The van der Waals surface area contributed by atoms with Crippen LogP contribution in [0, 0.1) is 0 Å². The molecule has 0 unspecified atom stereocenters. The van der Waals surface area contributed by atoms with E-state index in [-0.39, 0.29) is 0 Å². The largest absolute Gasteiger partial charge is 0.484 e. The molecule has 0 aliphatic rings. The van der Waals surface area contributed by atoms with Crippen molar-refractivity contribution in [2.75, 3.05) is 6.54 Å². The minimum absolute atomic E-state index is 0.367. The van der Waals surface area contributed by atoms with Gasteiger partial charge in [-0.2, -0.15) is 0 Å². The highest BCUT2D eigenvalue weighted by molar-refractivity contribution is 9.10. The summed E-state index contributed by atoms with van der Waals surface area (Å²) in [5, 5.41) is 3.29. The summed E-state index contributed by atoms with van der Waals surface area (Å²) in [6.45, 7) is 4.27. The highest BCUT2D eigenvalue weighted by Gasteiger charge is 2.04. The smallest absolute Gasteiger partial charge is 0.166 e. The molecule has 0 atom stereocenters. The molecule has 0 bridgehead atoms. The summed E-state index contributed by atoms with van der Waals surface area (Å²) in [7, 11) is 0. The second kappa shape index (κ2) is 7.21. The van der Waals surface area contributed by atoms with Gasteiger partial charge in [-0.15, -0.1) is 0 Å². The van der Waals surface area contributed by atoms with E-state index >= 15 is 0 Å². The van der Waals surface area contributed by atoms with Crippen LogP contribution in [-0.4, -0.2) is 16.5 Å². The van der Waals surface area contributed by atoms with Crippen LogP contribution in [0.5, 0.6) is 5.75 Å². The van der Waals surface area contributed by atoms with Crippen LogP contribution in [0.2, 0.25) is 0 Å². The zero-order chi connectivity index (χ0) is 13.5. The Morgan fingerprint density at radius 2 is 2.05 bits per heavy atom. The fraction of sp³-hybridized carbons (Fsp3) is 0.286. The van der Waals surface area contributed by atoms with E-state index in [9.17, 15) is 0 Å². The van der Waals surface area contributed by atoms with E-state index in [1.54, 1.807) is 18.5 Å². The third-order valence-electron chi connectivity index (χ3n) is 2.55. The summed E-state index contributed by atoms with van der Waals surface area (Å²) in [6, 6.07) is 7.85. The first-order chi connectivity index (χ1) is 9.29. The van der Waals surface area contributed by atoms with Crippen molar-refractivity contribution in [1.82, 2.24) is 15.3 Å². The van der Waals surface area contributed by atoms with Gasteiger partial charge in [0.2, 0.25) is 0 Å². The van der Waals surface area contributed by atoms with Crippen LogP contribution in [0.15, 0.2) is 41.1 Å². The molecule has 2 rings (SSSR count). The van der Waals surface area contributed by atoms with Crippen molar-refractivity contribution in [3.63, 3.8) is 0 Å². The van der Waals surface area contributed by atoms with E-state index < -0.39 is 0 Å². The van der Waals surface area contributed by atoms with Gasteiger partial charge in [-0.3, -0.25) is 0 Å². The van der Waals surface area contributed by atoms with Crippen LogP contribution in [0.25, 0.3) is 0 Å². The monoisotopic (exact) mass is 321 g/mol. The standard InChI is InChI=1S/C14H16BrN3O/c1-2-16-9-11-4-5-13(12(15)8-11)19-10-14-17-6-3-7-18-14/h3-8,16H,2,9-10H2,1H3. The second-order valence-electron chi connectivity index (χ2n) is 4.00. The molecule has 5 heteroatoms. The Labute approximate surface area is 121 Å². The maximum Gasteiger partial charge on any atom is 0.166 e. The molecular formula is C14H16BrN3O. The highest BCUT2D eigenvalue weighted by atomic mass is 79.9. The Bertz CT molecular complexity index is 519. The third-order valence-corrected chi connectivity index (χ3v) is 3.17. The Balaban J connectivity index is 1.97. The fourth-order valence-corrected chi connectivity index (χ4v) is 2.13. The SMILES string of the molecule is CCNCc1ccc(OCc2ncccn2)c(Br)c1. The number of hydrogen-bond donors (Lipinski definition) is 1. The lowest BCUT2D eigenvalue weighted by atomic mass is 10.2. The van der Waals surface area contributed by atoms with E-state index in [2.05, 4.69) is 50.3 Å². The predicted octanol–water partition coefficient (Wildman–Crippen LogP) is 2.93. The molecule has 19 heavy (non-hydrogen) atoms. The first kappa shape index (κ1) is 14.0. The molecule has 0 amide bonds. The van der Waals surface area contributed by atoms with Crippen molar-refractivity contribution in [2.45, 2.75) is 20.1 Å². The number of aromatic nitrogens is 2. The van der Waals surface area contributed by atoms with Crippen LogP contribution < -0.4 is 10.1 Å². The summed E-state index contributed by atoms with van der Waals surface area (Å²) in [5.41, 5.74) is 1.22.